The van der Waals surface area contributed by atoms with E-state index in [9.17, 15) is 4.39 Å². The molecule has 1 N–H and O–H groups in total. The Kier molecular flexibility index (Phi) is 4.62. The molecule has 120 valence electrons. The largest absolute Gasteiger partial charge is 0.395 e. The molecule has 3 nitrogen and oxygen atoms in total. The van der Waals surface area contributed by atoms with Gasteiger partial charge < -0.3 is 14.7 Å². The Hall–Kier alpha value is -1.23. The van der Waals surface area contributed by atoms with Crippen LogP contribution in [0.15, 0.2) is 30.9 Å². The van der Waals surface area contributed by atoms with E-state index in [1.807, 2.05) is 6.07 Å². The summed E-state index contributed by atoms with van der Waals surface area (Å²) in [7, 11) is 0. The summed E-state index contributed by atoms with van der Waals surface area (Å²) in [5.74, 6) is -0.166. The summed E-state index contributed by atoms with van der Waals surface area (Å²) in [6.07, 6.45) is 4.72. The first-order valence-electron chi connectivity index (χ1n) is 8.04. The molecule has 1 unspecified atom stereocenters. The van der Waals surface area contributed by atoms with Crippen molar-refractivity contribution in [3.63, 3.8) is 0 Å². The van der Waals surface area contributed by atoms with Crippen LogP contribution in [0.4, 0.5) is 4.39 Å². The summed E-state index contributed by atoms with van der Waals surface area (Å²) in [5, 5.41) is 9.09. The van der Waals surface area contributed by atoms with Crippen molar-refractivity contribution in [3.8, 4) is 0 Å². The van der Waals surface area contributed by atoms with Crippen LogP contribution in [0, 0.1) is 5.82 Å². The molecule has 4 heteroatoms. The van der Waals surface area contributed by atoms with Gasteiger partial charge in [0, 0.05) is 12.0 Å². The highest BCUT2D eigenvalue weighted by Gasteiger charge is 2.45. The maximum atomic E-state index is 13.8. The van der Waals surface area contributed by atoms with Gasteiger partial charge in [0.1, 0.15) is 5.82 Å². The Labute approximate surface area is 131 Å². The lowest BCUT2D eigenvalue weighted by Gasteiger charge is -2.40. The molecule has 1 aromatic carbocycles. The van der Waals surface area contributed by atoms with Gasteiger partial charge in [-0.3, -0.25) is 0 Å². The van der Waals surface area contributed by atoms with Gasteiger partial charge in [0.25, 0.3) is 0 Å². The monoisotopic (exact) mass is 305 g/mol. The van der Waals surface area contributed by atoms with Crippen molar-refractivity contribution in [1.29, 1.82) is 0 Å². The molecule has 1 aliphatic heterocycles. The summed E-state index contributed by atoms with van der Waals surface area (Å²) < 4.78 is 19.7. The van der Waals surface area contributed by atoms with E-state index in [2.05, 4.69) is 11.5 Å². The van der Waals surface area contributed by atoms with E-state index >= 15 is 0 Å². The van der Waals surface area contributed by atoms with Crippen LogP contribution in [0.3, 0.4) is 0 Å². The van der Waals surface area contributed by atoms with Crippen LogP contribution < -0.4 is 0 Å². The van der Waals surface area contributed by atoms with Gasteiger partial charge in [-0.05, 0) is 55.6 Å². The molecule has 0 aromatic heterocycles. The minimum atomic E-state index is -0.166. The van der Waals surface area contributed by atoms with Gasteiger partial charge in [0.2, 0.25) is 0 Å². The van der Waals surface area contributed by atoms with Crippen molar-refractivity contribution < 1.29 is 14.2 Å². The molecule has 1 aliphatic carbocycles. The Morgan fingerprint density at radius 2 is 2.18 bits per heavy atom. The van der Waals surface area contributed by atoms with E-state index in [0.717, 1.165) is 50.0 Å². The average Bonchev–Trinajstić information content (AvgIpc) is 2.81. The van der Waals surface area contributed by atoms with Crippen LogP contribution in [0.25, 0.3) is 0 Å². The molecule has 1 spiro atoms. The third-order valence-electron chi connectivity index (χ3n) is 5.15. The predicted molar refractivity (Wildman–Crippen MR) is 84.3 cm³/mol. The third-order valence-corrected chi connectivity index (χ3v) is 5.15. The average molecular weight is 305 g/mol. The predicted octanol–water partition coefficient (Wildman–Crippen LogP) is 2.80. The highest BCUT2D eigenvalue weighted by molar-refractivity contribution is 5.42. The number of aliphatic hydroxyl groups is 1. The zero-order chi connectivity index (χ0) is 15.6. The topological polar surface area (TPSA) is 32.7 Å². The first-order chi connectivity index (χ1) is 10.7. The fraction of sp³-hybridized carbons (Fsp3) is 0.556. The second-order valence-corrected chi connectivity index (χ2v) is 6.39. The van der Waals surface area contributed by atoms with E-state index in [4.69, 9.17) is 9.84 Å². The van der Waals surface area contributed by atoms with Crippen molar-refractivity contribution in [1.82, 2.24) is 4.90 Å². The molecule has 1 saturated heterocycles. The van der Waals surface area contributed by atoms with Crippen molar-refractivity contribution in [2.24, 2.45) is 0 Å². The maximum Gasteiger partial charge on any atom is 0.123 e. The first kappa shape index (κ1) is 15.7. The number of fused-ring (bicyclic) bond motifs is 2. The molecule has 0 radical (unpaired) electrons. The van der Waals surface area contributed by atoms with E-state index in [1.54, 1.807) is 12.1 Å². The molecular formula is C18H24FNO2. The fourth-order valence-corrected chi connectivity index (χ4v) is 4.00. The van der Waals surface area contributed by atoms with Crippen LogP contribution in [0.1, 0.15) is 36.5 Å². The van der Waals surface area contributed by atoms with Crippen molar-refractivity contribution in [2.75, 3.05) is 32.8 Å². The molecule has 1 aromatic rings. The molecule has 1 fully saturated rings. The number of rotatable bonds is 5. The molecule has 1 atom stereocenters. The minimum absolute atomic E-state index is 0.0230. The lowest BCUT2D eigenvalue weighted by Crippen LogP contribution is -2.42. The highest BCUT2D eigenvalue weighted by atomic mass is 19.1. The number of hydrogen-bond acceptors (Lipinski definition) is 3. The second kappa shape index (κ2) is 6.49. The number of aliphatic hydroxyl groups excluding tert-OH is 1. The van der Waals surface area contributed by atoms with Gasteiger partial charge in [-0.2, -0.15) is 0 Å². The van der Waals surface area contributed by atoms with Crippen LogP contribution in [0.5, 0.6) is 0 Å². The van der Waals surface area contributed by atoms with Crippen LogP contribution in [-0.2, 0) is 10.2 Å². The molecule has 0 amide bonds. The van der Waals surface area contributed by atoms with Gasteiger partial charge >= 0.3 is 0 Å². The number of piperidine rings is 1. The lowest BCUT2D eigenvalue weighted by molar-refractivity contribution is 0.0473. The van der Waals surface area contributed by atoms with E-state index < -0.39 is 0 Å². The Morgan fingerprint density at radius 1 is 1.41 bits per heavy atom. The number of ether oxygens (including phenoxy) is 1. The number of halogens is 1. The smallest absolute Gasteiger partial charge is 0.123 e. The zero-order valence-corrected chi connectivity index (χ0v) is 12.9. The van der Waals surface area contributed by atoms with E-state index in [-0.39, 0.29) is 23.9 Å². The van der Waals surface area contributed by atoms with Crippen LogP contribution >= 0.6 is 0 Å². The van der Waals surface area contributed by atoms with Gasteiger partial charge in [-0.25, -0.2) is 4.39 Å². The van der Waals surface area contributed by atoms with Gasteiger partial charge in [0.15, 0.2) is 0 Å². The van der Waals surface area contributed by atoms with Gasteiger partial charge in [-0.1, -0.05) is 12.1 Å². The second-order valence-electron chi connectivity index (χ2n) is 6.39. The standard InChI is InChI=1S/C18H24FNO2/c1-2-11-22-17-13-18(5-7-20(8-6-18)9-10-21)16-12-14(19)3-4-15(16)17/h2-4,12,17,21H,1,5-11,13H2. The van der Waals surface area contributed by atoms with E-state index in [1.165, 1.54) is 6.07 Å². The first-order valence-corrected chi connectivity index (χ1v) is 8.04. The minimum Gasteiger partial charge on any atom is -0.395 e. The summed E-state index contributed by atoms with van der Waals surface area (Å²) in [5.41, 5.74) is 2.29. The summed E-state index contributed by atoms with van der Waals surface area (Å²) in [6, 6.07) is 5.12. The number of likely N-dealkylation sites (tertiary alicyclic amines) is 1. The Morgan fingerprint density at radius 3 is 2.86 bits per heavy atom. The van der Waals surface area contributed by atoms with Crippen molar-refractivity contribution in [2.45, 2.75) is 30.8 Å². The fourth-order valence-electron chi connectivity index (χ4n) is 4.00. The molecule has 0 saturated carbocycles. The maximum absolute atomic E-state index is 13.8. The summed E-state index contributed by atoms with van der Waals surface area (Å²) >= 11 is 0. The zero-order valence-electron chi connectivity index (χ0n) is 12.9. The molecule has 22 heavy (non-hydrogen) atoms. The van der Waals surface area contributed by atoms with Crippen LogP contribution in [0.2, 0.25) is 0 Å². The molecule has 2 aliphatic rings. The molecular weight excluding hydrogens is 281 g/mol. The summed E-state index contributed by atoms with van der Waals surface area (Å²) in [4.78, 5) is 2.28. The van der Waals surface area contributed by atoms with Gasteiger partial charge in [-0.15, -0.1) is 6.58 Å². The number of β-amino-alcohol motifs (C(OH)–C–C–N with tert-alkyl or cyclic N) is 1. The number of hydrogen-bond donors (Lipinski definition) is 1. The molecule has 3 rings (SSSR count). The normalized spacial score (nSPS) is 23.6. The van der Waals surface area contributed by atoms with E-state index in [0.29, 0.717) is 6.61 Å². The van der Waals surface area contributed by atoms with Crippen molar-refractivity contribution in [3.05, 3.63) is 47.8 Å². The molecule has 0 bridgehead atoms. The Bertz CT molecular complexity index is 538. The third kappa shape index (κ3) is 2.83. The summed E-state index contributed by atoms with van der Waals surface area (Å²) in [6.45, 7) is 7.05. The number of nitrogens with zero attached hydrogens (tertiary/aromatic N) is 1. The van der Waals surface area contributed by atoms with Crippen molar-refractivity contribution >= 4 is 0 Å². The number of benzene rings is 1. The lowest BCUT2D eigenvalue weighted by atomic mass is 9.73. The van der Waals surface area contributed by atoms with Crippen LogP contribution in [-0.4, -0.2) is 42.9 Å². The molecule has 1 heterocycles. The highest BCUT2D eigenvalue weighted by Crippen LogP contribution is 2.52. The quantitative estimate of drug-likeness (QED) is 0.849. The SMILES string of the molecule is C=CCOC1CC2(CCN(CCO)CC2)c2cc(F)ccc21. The Balaban J connectivity index is 1.84. The van der Waals surface area contributed by atoms with Gasteiger partial charge in [0.05, 0.1) is 19.3 Å².